The lowest BCUT2D eigenvalue weighted by molar-refractivity contribution is -0.125. The minimum atomic E-state index is 0.0558. The van der Waals surface area contributed by atoms with Crippen molar-refractivity contribution >= 4 is 29.3 Å². The molecule has 4 nitrogen and oxygen atoms in total. The van der Waals surface area contributed by atoms with Crippen LogP contribution in [-0.4, -0.2) is 40.6 Å². The largest absolute Gasteiger partial charge is 0.348 e. The number of hydrogen-bond acceptors (Lipinski definition) is 4. The van der Waals surface area contributed by atoms with Gasteiger partial charge in [-0.1, -0.05) is 37.2 Å². The number of nitrogens with zero attached hydrogens (tertiary/aromatic N) is 3. The number of carbonyl (C=O) groups is 1. The molecule has 1 amide bonds. The quantitative estimate of drug-likeness (QED) is 0.631. The maximum Gasteiger partial charge on any atom is 0.232 e. The van der Waals surface area contributed by atoms with Crippen molar-refractivity contribution in [1.82, 2.24) is 14.9 Å². The summed E-state index contributed by atoms with van der Waals surface area (Å²) in [6.07, 6.45) is 0. The average molecular weight is 288 g/mol. The van der Waals surface area contributed by atoms with Crippen LogP contribution in [0.2, 0.25) is 5.15 Å². The minimum absolute atomic E-state index is 0.0558. The molecule has 0 fully saturated rings. The Morgan fingerprint density at radius 2 is 2.00 bits per heavy atom. The van der Waals surface area contributed by atoms with Gasteiger partial charge >= 0.3 is 0 Å². The molecule has 1 rings (SSSR count). The fourth-order valence-electron chi connectivity index (χ4n) is 1.14. The first-order valence-corrected chi connectivity index (χ1v) is 7.06. The van der Waals surface area contributed by atoms with Crippen molar-refractivity contribution in [3.05, 3.63) is 16.5 Å². The van der Waals surface area contributed by atoms with Gasteiger partial charge in [-0.25, -0.2) is 9.97 Å². The molecular weight excluding hydrogens is 270 g/mol. The van der Waals surface area contributed by atoms with Crippen LogP contribution in [0.1, 0.15) is 31.2 Å². The van der Waals surface area contributed by atoms with Crippen LogP contribution in [0.15, 0.2) is 5.03 Å². The first kappa shape index (κ1) is 15.2. The topological polar surface area (TPSA) is 46.1 Å². The minimum Gasteiger partial charge on any atom is -0.348 e. The molecule has 1 heterocycles. The van der Waals surface area contributed by atoms with Crippen LogP contribution in [0, 0.1) is 6.92 Å². The molecule has 0 radical (unpaired) electrons. The van der Waals surface area contributed by atoms with Crippen LogP contribution in [-0.2, 0) is 4.79 Å². The summed E-state index contributed by atoms with van der Waals surface area (Å²) in [5, 5.41) is 1.25. The Kier molecular flexibility index (Phi) is 5.41. The molecule has 1 aromatic heterocycles. The molecule has 1 aromatic rings. The molecule has 0 saturated carbocycles. The molecule has 0 saturated heterocycles. The van der Waals surface area contributed by atoms with Crippen LogP contribution in [0.5, 0.6) is 0 Å². The summed E-state index contributed by atoms with van der Waals surface area (Å²) in [5.41, 5.74) is 0.831. The number of carbonyl (C=O) groups excluding carboxylic acids is 1. The summed E-state index contributed by atoms with van der Waals surface area (Å²) >= 11 is 7.48. The molecule has 0 aliphatic carbocycles. The predicted octanol–water partition coefficient (Wildman–Crippen LogP) is 2.74. The molecule has 6 heteroatoms. The van der Waals surface area contributed by atoms with E-state index >= 15 is 0 Å². The van der Waals surface area contributed by atoms with E-state index < -0.39 is 0 Å². The van der Waals surface area contributed by atoms with Gasteiger partial charge in [-0.05, 0) is 6.92 Å². The Morgan fingerprint density at radius 1 is 1.39 bits per heavy atom. The van der Waals surface area contributed by atoms with Crippen LogP contribution < -0.4 is 0 Å². The van der Waals surface area contributed by atoms with E-state index in [1.54, 1.807) is 19.0 Å². The van der Waals surface area contributed by atoms with Crippen molar-refractivity contribution < 1.29 is 4.79 Å². The highest BCUT2D eigenvalue weighted by molar-refractivity contribution is 7.99. The van der Waals surface area contributed by atoms with Crippen molar-refractivity contribution in [2.24, 2.45) is 0 Å². The summed E-state index contributed by atoms with van der Waals surface area (Å²) in [4.78, 5) is 21.8. The Hall–Kier alpha value is -0.810. The molecule has 0 bridgehead atoms. The van der Waals surface area contributed by atoms with Crippen molar-refractivity contribution in [2.75, 3.05) is 19.8 Å². The Balaban J connectivity index is 2.91. The fraction of sp³-hybridized carbons (Fsp3) is 0.583. The first-order chi connectivity index (χ1) is 8.32. The average Bonchev–Trinajstić information content (AvgIpc) is 2.29. The van der Waals surface area contributed by atoms with Gasteiger partial charge in [-0.15, -0.1) is 0 Å². The van der Waals surface area contributed by atoms with Gasteiger partial charge in [0.1, 0.15) is 16.0 Å². The number of hydrogen-bond donors (Lipinski definition) is 0. The van der Waals surface area contributed by atoms with Crippen LogP contribution in [0.25, 0.3) is 0 Å². The summed E-state index contributed by atoms with van der Waals surface area (Å²) in [6, 6.07) is 0. The van der Waals surface area contributed by atoms with E-state index in [9.17, 15) is 4.79 Å². The van der Waals surface area contributed by atoms with Gasteiger partial charge in [0.05, 0.1) is 5.75 Å². The summed E-state index contributed by atoms with van der Waals surface area (Å²) in [6.45, 7) is 5.90. The molecule has 0 aromatic carbocycles. The SMILES string of the molecule is Cc1c(Cl)nc(C(C)C)nc1SCC(=O)N(C)C. The highest BCUT2D eigenvalue weighted by Crippen LogP contribution is 2.26. The highest BCUT2D eigenvalue weighted by Gasteiger charge is 2.14. The zero-order valence-corrected chi connectivity index (χ0v) is 12.9. The van der Waals surface area contributed by atoms with E-state index in [0.717, 1.165) is 10.6 Å². The van der Waals surface area contributed by atoms with Crippen LogP contribution in [0.4, 0.5) is 0 Å². The van der Waals surface area contributed by atoms with Crippen molar-refractivity contribution in [3.63, 3.8) is 0 Å². The molecule has 0 N–H and O–H groups in total. The number of halogens is 1. The predicted molar refractivity (Wildman–Crippen MR) is 75.3 cm³/mol. The molecule has 0 unspecified atom stereocenters. The normalized spacial score (nSPS) is 10.8. The first-order valence-electron chi connectivity index (χ1n) is 5.70. The van der Waals surface area contributed by atoms with Gasteiger partial charge in [-0.2, -0.15) is 0 Å². The zero-order valence-electron chi connectivity index (χ0n) is 11.3. The number of thioether (sulfide) groups is 1. The van der Waals surface area contributed by atoms with E-state index in [-0.39, 0.29) is 11.8 Å². The van der Waals surface area contributed by atoms with E-state index in [1.807, 2.05) is 20.8 Å². The van der Waals surface area contributed by atoms with Crippen LogP contribution >= 0.6 is 23.4 Å². The lowest BCUT2D eigenvalue weighted by atomic mass is 10.2. The van der Waals surface area contributed by atoms with Gasteiger partial charge < -0.3 is 4.90 Å². The maximum atomic E-state index is 11.6. The van der Waals surface area contributed by atoms with Crippen molar-refractivity contribution in [3.8, 4) is 0 Å². The summed E-state index contributed by atoms with van der Waals surface area (Å²) < 4.78 is 0. The fourth-order valence-corrected chi connectivity index (χ4v) is 2.37. The second-order valence-electron chi connectivity index (χ2n) is 4.53. The molecule has 0 aliphatic rings. The second kappa shape index (κ2) is 6.38. The van der Waals surface area contributed by atoms with E-state index in [2.05, 4.69) is 9.97 Å². The van der Waals surface area contributed by atoms with Gasteiger partial charge in [0.25, 0.3) is 0 Å². The van der Waals surface area contributed by atoms with Crippen molar-refractivity contribution in [2.45, 2.75) is 31.7 Å². The summed E-state index contributed by atoms with van der Waals surface area (Å²) in [7, 11) is 3.48. The monoisotopic (exact) mass is 287 g/mol. The Morgan fingerprint density at radius 3 is 2.50 bits per heavy atom. The molecule has 18 heavy (non-hydrogen) atoms. The van der Waals surface area contributed by atoms with Crippen molar-refractivity contribution in [1.29, 1.82) is 0 Å². The molecule has 0 aliphatic heterocycles. The lowest BCUT2D eigenvalue weighted by Gasteiger charge is -2.12. The summed E-state index contributed by atoms with van der Waals surface area (Å²) in [5.74, 6) is 1.34. The zero-order chi connectivity index (χ0) is 13.9. The Labute approximate surface area is 117 Å². The lowest BCUT2D eigenvalue weighted by Crippen LogP contribution is -2.23. The van der Waals surface area contributed by atoms with Gasteiger partial charge in [-0.3, -0.25) is 4.79 Å². The van der Waals surface area contributed by atoms with E-state index in [1.165, 1.54) is 11.8 Å². The Bertz CT molecular complexity index is 449. The smallest absolute Gasteiger partial charge is 0.232 e. The van der Waals surface area contributed by atoms with Gasteiger partial charge in [0, 0.05) is 25.6 Å². The number of aromatic nitrogens is 2. The highest BCUT2D eigenvalue weighted by atomic mass is 35.5. The van der Waals surface area contributed by atoms with Crippen LogP contribution in [0.3, 0.4) is 0 Å². The molecular formula is C12H18ClN3OS. The standard InChI is InChI=1S/C12H18ClN3OS/c1-7(2)11-14-10(13)8(3)12(15-11)18-6-9(17)16(4)5/h7H,6H2,1-5H3. The van der Waals surface area contributed by atoms with Gasteiger partial charge in [0.15, 0.2) is 0 Å². The molecule has 0 spiro atoms. The third-order valence-electron chi connectivity index (χ3n) is 2.41. The number of amides is 1. The van der Waals surface area contributed by atoms with E-state index in [4.69, 9.17) is 11.6 Å². The molecule has 0 atom stereocenters. The molecule has 100 valence electrons. The third-order valence-corrected chi connectivity index (χ3v) is 3.84. The maximum absolute atomic E-state index is 11.6. The van der Waals surface area contributed by atoms with E-state index in [0.29, 0.717) is 16.7 Å². The van der Waals surface area contributed by atoms with Gasteiger partial charge in [0.2, 0.25) is 5.91 Å². The third kappa shape index (κ3) is 3.85. The number of rotatable bonds is 4. The second-order valence-corrected chi connectivity index (χ2v) is 5.86.